The number of hydrazone groups is 1. The Balaban J connectivity index is 1.53. The summed E-state index contributed by atoms with van der Waals surface area (Å²) in [5.74, 6) is 0.296. The number of hydrogen-bond donors (Lipinski definition) is 5. The average Bonchev–Trinajstić information content (AvgIpc) is 3.31. The molecule has 0 bridgehead atoms. The summed E-state index contributed by atoms with van der Waals surface area (Å²) in [7, 11) is 0. The monoisotopic (exact) mass is 436 g/mol. The second kappa shape index (κ2) is 8.09. The number of imidazole rings is 1. The van der Waals surface area contributed by atoms with Crippen LogP contribution in [0, 0.1) is 0 Å². The molecule has 1 fully saturated rings. The molecule has 1 aliphatic rings. The third-order valence-electron chi connectivity index (χ3n) is 5.33. The summed E-state index contributed by atoms with van der Waals surface area (Å²) < 4.78 is 7.09. The largest absolute Gasteiger partial charge is 0.394 e. The van der Waals surface area contributed by atoms with Crippen molar-refractivity contribution >= 4 is 40.0 Å². The molecular formula is C20H20N8O4. The summed E-state index contributed by atoms with van der Waals surface area (Å²) in [6.45, 7) is -0.464. The number of anilines is 2. The molecule has 0 aliphatic carbocycles. The zero-order valence-corrected chi connectivity index (χ0v) is 16.6. The quantitative estimate of drug-likeness (QED) is 0.212. The molecule has 3 aromatic heterocycles. The molecule has 4 atom stereocenters. The predicted molar refractivity (Wildman–Crippen MR) is 116 cm³/mol. The van der Waals surface area contributed by atoms with Gasteiger partial charge in [-0.15, -0.1) is 0 Å². The number of nitrogens with zero attached hydrogens (tertiary/aromatic N) is 6. The number of fused-ring (bicyclic) bond motifs is 2. The van der Waals surface area contributed by atoms with Crippen LogP contribution in [-0.4, -0.2) is 71.0 Å². The number of para-hydroxylation sites is 1. The molecule has 1 saturated heterocycles. The van der Waals surface area contributed by atoms with E-state index in [0.29, 0.717) is 0 Å². The Labute approximate surface area is 181 Å². The first kappa shape index (κ1) is 20.2. The van der Waals surface area contributed by atoms with E-state index in [4.69, 9.17) is 10.5 Å². The highest BCUT2D eigenvalue weighted by molar-refractivity contribution is 5.98. The summed E-state index contributed by atoms with van der Waals surface area (Å²) in [4.78, 5) is 16.9. The van der Waals surface area contributed by atoms with Gasteiger partial charge in [-0.2, -0.15) is 5.10 Å². The van der Waals surface area contributed by atoms with Crippen LogP contribution in [0.25, 0.3) is 22.1 Å². The third kappa shape index (κ3) is 3.31. The predicted octanol–water partition coefficient (Wildman–Crippen LogP) is 0.0142. The lowest BCUT2D eigenvalue weighted by atomic mass is 10.1. The SMILES string of the molecule is Nc1ncnc2c1nc(N/N=C\c1ccnc3ccccc13)n2[C@@H]1O[C@H](CO)[C@@H](O)[C@H]1O. The second-order valence-electron chi connectivity index (χ2n) is 7.25. The average molecular weight is 436 g/mol. The van der Waals surface area contributed by atoms with Crippen molar-refractivity contribution in [2.45, 2.75) is 24.5 Å². The third-order valence-corrected chi connectivity index (χ3v) is 5.33. The van der Waals surface area contributed by atoms with E-state index in [1.807, 2.05) is 30.3 Å². The number of pyridine rings is 1. The fourth-order valence-corrected chi connectivity index (χ4v) is 3.73. The Bertz CT molecular complexity index is 1300. The topological polar surface area (TPSA) is 177 Å². The van der Waals surface area contributed by atoms with Crippen LogP contribution >= 0.6 is 0 Å². The van der Waals surface area contributed by atoms with Crippen molar-refractivity contribution in [3.8, 4) is 0 Å². The number of aliphatic hydroxyl groups is 3. The van der Waals surface area contributed by atoms with Gasteiger partial charge in [0.2, 0.25) is 5.95 Å². The summed E-state index contributed by atoms with van der Waals surface area (Å²) in [6, 6.07) is 9.49. The minimum atomic E-state index is -1.34. The Morgan fingerprint density at radius 1 is 1.16 bits per heavy atom. The number of nitrogens with two attached hydrogens (primary N) is 1. The van der Waals surface area contributed by atoms with E-state index < -0.39 is 31.1 Å². The molecule has 32 heavy (non-hydrogen) atoms. The van der Waals surface area contributed by atoms with E-state index in [2.05, 4.69) is 30.5 Å². The first-order chi connectivity index (χ1) is 15.6. The van der Waals surface area contributed by atoms with E-state index in [1.54, 1.807) is 12.4 Å². The maximum atomic E-state index is 10.5. The molecule has 12 heteroatoms. The Hall–Kier alpha value is -3.71. The highest BCUT2D eigenvalue weighted by Gasteiger charge is 2.45. The number of aromatic nitrogens is 5. The normalized spacial score (nSPS) is 23.5. The highest BCUT2D eigenvalue weighted by Crippen LogP contribution is 2.35. The van der Waals surface area contributed by atoms with Gasteiger partial charge in [-0.3, -0.25) is 9.55 Å². The van der Waals surface area contributed by atoms with Gasteiger partial charge in [0.05, 0.1) is 18.3 Å². The van der Waals surface area contributed by atoms with Gasteiger partial charge in [-0.05, 0) is 12.1 Å². The molecule has 0 radical (unpaired) electrons. The standard InChI is InChI=1S/C20H20N8O4/c21-17-14-18(24-9-23-17)28(19-16(31)15(30)13(8-29)32-19)20(26-14)27-25-7-10-5-6-22-12-4-2-1-3-11(10)12/h1-7,9,13,15-16,19,29-31H,8H2,(H,26,27)(H2,21,23,24)/b25-7-/t13-,15-,16-,19-/m1/s1. The van der Waals surface area contributed by atoms with Crippen LogP contribution in [0.4, 0.5) is 11.8 Å². The molecule has 4 heterocycles. The van der Waals surface area contributed by atoms with E-state index in [1.165, 1.54) is 10.9 Å². The molecule has 0 amide bonds. The second-order valence-corrected chi connectivity index (χ2v) is 7.25. The van der Waals surface area contributed by atoms with Crippen molar-refractivity contribution in [2.24, 2.45) is 5.10 Å². The van der Waals surface area contributed by atoms with Crippen LogP contribution in [0.3, 0.4) is 0 Å². The number of hydrogen-bond acceptors (Lipinski definition) is 11. The van der Waals surface area contributed by atoms with Gasteiger partial charge in [-0.1, -0.05) is 18.2 Å². The van der Waals surface area contributed by atoms with Gasteiger partial charge in [0.1, 0.15) is 24.6 Å². The van der Waals surface area contributed by atoms with Gasteiger partial charge in [0.25, 0.3) is 0 Å². The molecular weight excluding hydrogens is 416 g/mol. The number of rotatable bonds is 5. The fourth-order valence-electron chi connectivity index (χ4n) is 3.73. The van der Waals surface area contributed by atoms with Crippen LogP contribution < -0.4 is 11.2 Å². The van der Waals surface area contributed by atoms with E-state index in [-0.39, 0.29) is 22.9 Å². The number of nitrogens with one attached hydrogen (secondary N) is 1. The van der Waals surface area contributed by atoms with Gasteiger partial charge in [0, 0.05) is 17.1 Å². The first-order valence-corrected chi connectivity index (χ1v) is 9.82. The van der Waals surface area contributed by atoms with Crippen LogP contribution in [0.1, 0.15) is 11.8 Å². The van der Waals surface area contributed by atoms with Crippen LogP contribution in [0.5, 0.6) is 0 Å². The number of benzene rings is 1. The van der Waals surface area contributed by atoms with Crippen LogP contribution in [0.2, 0.25) is 0 Å². The van der Waals surface area contributed by atoms with Crippen molar-refractivity contribution in [1.82, 2.24) is 24.5 Å². The maximum absolute atomic E-state index is 10.5. The van der Waals surface area contributed by atoms with Crippen LogP contribution in [0.15, 0.2) is 48.0 Å². The molecule has 1 aliphatic heterocycles. The molecule has 1 aromatic carbocycles. The molecule has 0 saturated carbocycles. The summed E-state index contributed by atoms with van der Waals surface area (Å²) in [5.41, 5.74) is 11.0. The molecule has 0 unspecified atom stereocenters. The minimum Gasteiger partial charge on any atom is -0.394 e. The van der Waals surface area contributed by atoms with E-state index in [0.717, 1.165) is 16.5 Å². The molecule has 6 N–H and O–H groups in total. The summed E-state index contributed by atoms with van der Waals surface area (Å²) >= 11 is 0. The number of ether oxygens (including phenoxy) is 1. The van der Waals surface area contributed by atoms with E-state index in [9.17, 15) is 15.3 Å². The summed E-state index contributed by atoms with van der Waals surface area (Å²) in [5, 5.41) is 35.4. The lowest BCUT2D eigenvalue weighted by molar-refractivity contribution is -0.0501. The Morgan fingerprint density at radius 2 is 2.00 bits per heavy atom. The lowest BCUT2D eigenvalue weighted by Crippen LogP contribution is -2.33. The lowest BCUT2D eigenvalue weighted by Gasteiger charge is -2.18. The van der Waals surface area contributed by atoms with Crippen molar-refractivity contribution in [1.29, 1.82) is 0 Å². The van der Waals surface area contributed by atoms with E-state index >= 15 is 0 Å². The van der Waals surface area contributed by atoms with Crippen molar-refractivity contribution < 1.29 is 20.1 Å². The Kier molecular flexibility index (Phi) is 5.11. The van der Waals surface area contributed by atoms with Gasteiger partial charge in [0.15, 0.2) is 23.2 Å². The summed E-state index contributed by atoms with van der Waals surface area (Å²) in [6.07, 6.45) is -0.121. The van der Waals surface area contributed by atoms with Crippen molar-refractivity contribution in [2.75, 3.05) is 17.8 Å². The number of aliphatic hydroxyl groups excluding tert-OH is 3. The van der Waals surface area contributed by atoms with Crippen LogP contribution in [-0.2, 0) is 4.74 Å². The first-order valence-electron chi connectivity index (χ1n) is 9.82. The highest BCUT2D eigenvalue weighted by atomic mass is 16.6. The van der Waals surface area contributed by atoms with Gasteiger partial charge in [-0.25, -0.2) is 20.4 Å². The van der Waals surface area contributed by atoms with Crippen molar-refractivity contribution in [3.63, 3.8) is 0 Å². The maximum Gasteiger partial charge on any atom is 0.228 e. The molecule has 12 nitrogen and oxygen atoms in total. The molecule has 164 valence electrons. The zero-order chi connectivity index (χ0) is 22.2. The molecule has 0 spiro atoms. The molecule has 4 aromatic rings. The smallest absolute Gasteiger partial charge is 0.228 e. The Morgan fingerprint density at radius 3 is 2.81 bits per heavy atom. The van der Waals surface area contributed by atoms with Crippen molar-refractivity contribution in [3.05, 3.63) is 48.4 Å². The zero-order valence-electron chi connectivity index (χ0n) is 16.6. The minimum absolute atomic E-state index is 0.132. The van der Waals surface area contributed by atoms with Gasteiger partial charge >= 0.3 is 0 Å². The number of nitrogen functional groups attached to an aromatic ring is 1. The molecule has 5 rings (SSSR count). The van der Waals surface area contributed by atoms with Gasteiger partial charge < -0.3 is 25.8 Å². The fraction of sp³-hybridized carbons (Fsp3) is 0.250.